The fourth-order valence-electron chi connectivity index (χ4n) is 2.10. The molecule has 1 aromatic heterocycles. The fourth-order valence-corrected chi connectivity index (χ4v) is 2.81. The van der Waals surface area contributed by atoms with E-state index >= 15 is 0 Å². The lowest BCUT2D eigenvalue weighted by atomic mass is 10.1. The van der Waals surface area contributed by atoms with Crippen molar-refractivity contribution >= 4 is 27.5 Å². The van der Waals surface area contributed by atoms with Gasteiger partial charge in [0.05, 0.1) is 10.7 Å². The molecule has 20 heavy (non-hydrogen) atoms. The van der Waals surface area contributed by atoms with Crippen LogP contribution in [0.25, 0.3) is 0 Å². The highest BCUT2D eigenvalue weighted by molar-refractivity contribution is 9.10. The minimum absolute atomic E-state index is 0.0735. The molecule has 104 valence electrons. The smallest absolute Gasteiger partial charge is 0.265 e. The highest BCUT2D eigenvalue weighted by Crippen LogP contribution is 2.41. The maximum Gasteiger partial charge on any atom is 0.265 e. The zero-order valence-corrected chi connectivity index (χ0v) is 12.8. The Bertz CT molecular complexity index is 728. The average molecular weight is 358 g/mol. The predicted octanol–water partition coefficient (Wildman–Crippen LogP) is 3.79. The number of rotatable bonds is 3. The van der Waals surface area contributed by atoms with Gasteiger partial charge in [-0.1, -0.05) is 23.7 Å². The quantitative estimate of drug-likeness (QED) is 0.908. The summed E-state index contributed by atoms with van der Waals surface area (Å²) in [6.07, 6.45) is 2.30. The van der Waals surface area contributed by atoms with E-state index in [4.69, 9.17) is 11.6 Å². The van der Waals surface area contributed by atoms with Crippen molar-refractivity contribution in [2.45, 2.75) is 25.2 Å². The van der Waals surface area contributed by atoms with E-state index in [9.17, 15) is 9.18 Å². The van der Waals surface area contributed by atoms with Gasteiger partial charge in [-0.15, -0.1) is 0 Å². The molecule has 1 aliphatic rings. The summed E-state index contributed by atoms with van der Waals surface area (Å²) in [7, 11) is 0. The number of aromatic nitrogens is 2. The van der Waals surface area contributed by atoms with Crippen molar-refractivity contribution in [3.63, 3.8) is 0 Å². The lowest BCUT2D eigenvalue weighted by Crippen LogP contribution is -2.16. The van der Waals surface area contributed by atoms with Crippen molar-refractivity contribution in [3.05, 3.63) is 60.9 Å². The Labute approximate surface area is 128 Å². The average Bonchev–Trinajstić information content (AvgIpc) is 3.23. The Morgan fingerprint density at radius 1 is 1.45 bits per heavy atom. The van der Waals surface area contributed by atoms with Crippen molar-refractivity contribution in [1.82, 2.24) is 9.97 Å². The second-order valence-electron chi connectivity index (χ2n) is 4.88. The third-order valence-electron chi connectivity index (χ3n) is 3.29. The monoisotopic (exact) mass is 356 g/mol. The first kappa shape index (κ1) is 13.8. The number of H-pyrrole nitrogens is 1. The molecule has 1 heterocycles. The van der Waals surface area contributed by atoms with E-state index in [1.165, 1.54) is 6.07 Å². The standard InChI is InChI=1S/C14H11BrClFN2O/c15-11-13(7-4-5-7)18-10(19-14(11)20)6-8-2-1-3-9(16)12(8)17/h1-3,7H,4-6H2,(H,18,19,20). The number of benzene rings is 1. The summed E-state index contributed by atoms with van der Waals surface area (Å²) in [5.74, 6) is 0.337. The molecule has 0 atom stereocenters. The second-order valence-corrected chi connectivity index (χ2v) is 6.08. The fraction of sp³-hybridized carbons (Fsp3) is 0.286. The van der Waals surface area contributed by atoms with Gasteiger partial charge in [-0.25, -0.2) is 9.37 Å². The van der Waals surface area contributed by atoms with E-state index < -0.39 is 5.82 Å². The minimum Gasteiger partial charge on any atom is -0.309 e. The summed E-state index contributed by atoms with van der Waals surface area (Å²) in [5, 5.41) is 0.0735. The van der Waals surface area contributed by atoms with Gasteiger partial charge in [0.15, 0.2) is 0 Å². The van der Waals surface area contributed by atoms with Gasteiger partial charge in [0, 0.05) is 12.3 Å². The first-order valence-electron chi connectivity index (χ1n) is 6.27. The molecule has 1 fully saturated rings. The normalized spacial score (nSPS) is 14.6. The summed E-state index contributed by atoms with van der Waals surface area (Å²) in [5.41, 5.74) is 0.968. The topological polar surface area (TPSA) is 45.8 Å². The molecular formula is C14H11BrClFN2O. The van der Waals surface area contributed by atoms with Crippen molar-refractivity contribution < 1.29 is 4.39 Å². The van der Waals surface area contributed by atoms with Crippen LogP contribution in [0.5, 0.6) is 0 Å². The lowest BCUT2D eigenvalue weighted by molar-refractivity contribution is 0.612. The molecule has 3 rings (SSSR count). The molecule has 0 aliphatic heterocycles. The molecule has 0 saturated heterocycles. The van der Waals surface area contributed by atoms with E-state index in [2.05, 4.69) is 25.9 Å². The largest absolute Gasteiger partial charge is 0.309 e. The summed E-state index contributed by atoms with van der Waals surface area (Å²) in [6.45, 7) is 0. The van der Waals surface area contributed by atoms with Gasteiger partial charge in [0.1, 0.15) is 16.1 Å². The molecule has 0 amide bonds. The van der Waals surface area contributed by atoms with Crippen molar-refractivity contribution in [1.29, 1.82) is 0 Å². The van der Waals surface area contributed by atoms with E-state index in [0.29, 0.717) is 21.8 Å². The molecule has 0 unspecified atom stereocenters. The van der Waals surface area contributed by atoms with Crippen molar-refractivity contribution in [3.8, 4) is 0 Å². The van der Waals surface area contributed by atoms with Gasteiger partial charge in [0.25, 0.3) is 5.56 Å². The third-order valence-corrected chi connectivity index (χ3v) is 4.35. The number of hydrogen-bond donors (Lipinski definition) is 1. The third kappa shape index (κ3) is 2.65. The molecule has 1 saturated carbocycles. The van der Waals surface area contributed by atoms with Crippen LogP contribution in [-0.4, -0.2) is 9.97 Å². The summed E-state index contributed by atoms with van der Waals surface area (Å²) < 4.78 is 14.4. The Kier molecular flexibility index (Phi) is 3.65. The molecule has 3 nitrogen and oxygen atoms in total. The SMILES string of the molecule is O=c1[nH]c(Cc2cccc(Cl)c2F)nc(C2CC2)c1Br. The molecular weight excluding hydrogens is 347 g/mol. The summed E-state index contributed by atoms with van der Waals surface area (Å²) in [4.78, 5) is 19.0. The van der Waals surface area contributed by atoms with Crippen LogP contribution in [0.1, 0.15) is 35.8 Å². The molecule has 2 aromatic rings. The molecule has 1 aliphatic carbocycles. The Morgan fingerprint density at radius 2 is 2.20 bits per heavy atom. The number of halogens is 3. The zero-order valence-electron chi connectivity index (χ0n) is 10.4. The Hall–Kier alpha value is -1.20. The Balaban J connectivity index is 1.99. The first-order valence-corrected chi connectivity index (χ1v) is 7.45. The molecule has 0 spiro atoms. The number of nitrogens with one attached hydrogen (secondary N) is 1. The van der Waals surface area contributed by atoms with Gasteiger partial charge in [-0.3, -0.25) is 4.79 Å². The lowest BCUT2D eigenvalue weighted by Gasteiger charge is -2.07. The Morgan fingerprint density at radius 3 is 2.90 bits per heavy atom. The van der Waals surface area contributed by atoms with Crippen LogP contribution in [0.4, 0.5) is 4.39 Å². The predicted molar refractivity (Wildman–Crippen MR) is 78.7 cm³/mol. The second kappa shape index (κ2) is 5.30. The maximum atomic E-state index is 13.9. The first-order chi connectivity index (χ1) is 9.56. The molecule has 1 aromatic carbocycles. The van der Waals surface area contributed by atoms with E-state index in [1.54, 1.807) is 12.1 Å². The van der Waals surface area contributed by atoms with Crippen LogP contribution in [0, 0.1) is 5.82 Å². The van der Waals surface area contributed by atoms with Gasteiger partial charge < -0.3 is 4.98 Å². The van der Waals surface area contributed by atoms with Crippen LogP contribution < -0.4 is 5.56 Å². The van der Waals surface area contributed by atoms with Crippen LogP contribution in [-0.2, 0) is 6.42 Å². The summed E-state index contributed by atoms with van der Waals surface area (Å²) in [6, 6.07) is 4.81. The highest BCUT2D eigenvalue weighted by Gasteiger charge is 2.29. The number of nitrogens with zero attached hydrogens (tertiary/aromatic N) is 1. The summed E-state index contributed by atoms with van der Waals surface area (Å²) >= 11 is 9.02. The van der Waals surface area contributed by atoms with Crippen molar-refractivity contribution in [2.24, 2.45) is 0 Å². The van der Waals surface area contributed by atoms with Crippen LogP contribution in [0.15, 0.2) is 27.5 Å². The van der Waals surface area contributed by atoms with Crippen LogP contribution in [0.3, 0.4) is 0 Å². The molecule has 0 radical (unpaired) electrons. The minimum atomic E-state index is -0.465. The zero-order chi connectivity index (χ0) is 14.3. The maximum absolute atomic E-state index is 13.9. The van der Waals surface area contributed by atoms with E-state index in [-0.39, 0.29) is 17.0 Å². The van der Waals surface area contributed by atoms with Crippen molar-refractivity contribution in [2.75, 3.05) is 0 Å². The molecule has 0 bridgehead atoms. The van der Waals surface area contributed by atoms with Gasteiger partial charge in [-0.2, -0.15) is 0 Å². The number of aromatic amines is 1. The van der Waals surface area contributed by atoms with Gasteiger partial charge in [-0.05, 0) is 40.4 Å². The van der Waals surface area contributed by atoms with Gasteiger partial charge >= 0.3 is 0 Å². The molecule has 6 heteroatoms. The molecule has 1 N–H and O–H groups in total. The highest BCUT2D eigenvalue weighted by atomic mass is 79.9. The van der Waals surface area contributed by atoms with Crippen LogP contribution >= 0.6 is 27.5 Å². The van der Waals surface area contributed by atoms with Gasteiger partial charge in [0.2, 0.25) is 0 Å². The van der Waals surface area contributed by atoms with E-state index in [1.807, 2.05) is 0 Å². The van der Waals surface area contributed by atoms with E-state index in [0.717, 1.165) is 18.5 Å². The van der Waals surface area contributed by atoms with Crippen LogP contribution in [0.2, 0.25) is 5.02 Å². The number of hydrogen-bond acceptors (Lipinski definition) is 2.